The molecule has 0 atom stereocenters. The molecule has 48 valence electrons. The standard InChI is InChI=1S/C7H9NO/c9-7-2-1-5-8(7)6-3-4-6/h1-2,5-6,9H,3-4H2. The van der Waals surface area contributed by atoms with E-state index >= 15 is 0 Å². The van der Waals surface area contributed by atoms with Gasteiger partial charge in [-0.3, -0.25) is 0 Å². The molecule has 0 spiro atoms. The first-order chi connectivity index (χ1) is 4.38. The van der Waals surface area contributed by atoms with Gasteiger partial charge >= 0.3 is 0 Å². The molecule has 0 aliphatic heterocycles. The van der Waals surface area contributed by atoms with E-state index in [0.29, 0.717) is 11.9 Å². The predicted molar refractivity (Wildman–Crippen MR) is 34.4 cm³/mol. The van der Waals surface area contributed by atoms with Crippen molar-refractivity contribution in [3.8, 4) is 5.88 Å². The first-order valence-corrected chi connectivity index (χ1v) is 3.24. The number of nitrogens with zero attached hydrogens (tertiary/aromatic N) is 1. The Morgan fingerprint density at radius 2 is 2.33 bits per heavy atom. The molecule has 9 heavy (non-hydrogen) atoms. The first-order valence-electron chi connectivity index (χ1n) is 3.24. The van der Waals surface area contributed by atoms with E-state index in [9.17, 15) is 0 Å². The zero-order chi connectivity index (χ0) is 6.27. The van der Waals surface area contributed by atoms with E-state index in [4.69, 9.17) is 5.11 Å². The summed E-state index contributed by atoms with van der Waals surface area (Å²) in [6.07, 6.45) is 4.37. The molecule has 0 aromatic carbocycles. The van der Waals surface area contributed by atoms with Crippen molar-refractivity contribution >= 4 is 0 Å². The maximum absolute atomic E-state index is 9.12. The molecular weight excluding hydrogens is 114 g/mol. The van der Waals surface area contributed by atoms with Gasteiger partial charge in [0.25, 0.3) is 0 Å². The molecule has 1 aromatic rings. The van der Waals surface area contributed by atoms with Gasteiger partial charge in [0.15, 0.2) is 5.88 Å². The minimum atomic E-state index is 0.400. The number of aromatic nitrogens is 1. The smallest absolute Gasteiger partial charge is 0.191 e. The maximum Gasteiger partial charge on any atom is 0.191 e. The van der Waals surface area contributed by atoms with Gasteiger partial charge in [0.1, 0.15) is 0 Å². The Kier molecular flexibility index (Phi) is 0.835. The highest BCUT2D eigenvalue weighted by atomic mass is 16.3. The van der Waals surface area contributed by atoms with E-state index in [1.54, 1.807) is 6.07 Å². The fourth-order valence-corrected chi connectivity index (χ4v) is 1.05. The molecule has 0 amide bonds. The van der Waals surface area contributed by atoms with Crippen LogP contribution in [0.5, 0.6) is 5.88 Å². The summed E-state index contributed by atoms with van der Waals surface area (Å²) in [5.74, 6) is 0.400. The van der Waals surface area contributed by atoms with Crippen molar-refractivity contribution in [2.24, 2.45) is 0 Å². The van der Waals surface area contributed by atoms with Gasteiger partial charge in [-0.1, -0.05) is 0 Å². The van der Waals surface area contributed by atoms with E-state index in [0.717, 1.165) is 0 Å². The molecule has 2 nitrogen and oxygen atoms in total. The largest absolute Gasteiger partial charge is 0.494 e. The molecular formula is C7H9NO. The van der Waals surface area contributed by atoms with E-state index in [2.05, 4.69) is 0 Å². The first kappa shape index (κ1) is 4.91. The van der Waals surface area contributed by atoms with Crippen molar-refractivity contribution in [1.29, 1.82) is 0 Å². The lowest BCUT2D eigenvalue weighted by atomic mass is 10.6. The second kappa shape index (κ2) is 1.53. The second-order valence-electron chi connectivity index (χ2n) is 2.50. The molecule has 0 bridgehead atoms. The molecule has 0 unspecified atom stereocenters. The monoisotopic (exact) mass is 123 g/mol. The Morgan fingerprint density at radius 3 is 2.78 bits per heavy atom. The van der Waals surface area contributed by atoms with Crippen LogP contribution in [0.3, 0.4) is 0 Å². The summed E-state index contributed by atoms with van der Waals surface area (Å²) in [7, 11) is 0. The highest BCUT2D eigenvalue weighted by Crippen LogP contribution is 2.37. The molecule has 1 heterocycles. The molecule has 1 aliphatic carbocycles. The van der Waals surface area contributed by atoms with E-state index < -0.39 is 0 Å². The molecule has 1 aliphatic rings. The van der Waals surface area contributed by atoms with E-state index in [1.165, 1.54) is 12.8 Å². The summed E-state index contributed by atoms with van der Waals surface area (Å²) < 4.78 is 1.92. The topological polar surface area (TPSA) is 25.2 Å². The SMILES string of the molecule is Oc1cccn1C1CC1. The summed E-state index contributed by atoms with van der Waals surface area (Å²) in [5, 5.41) is 9.12. The van der Waals surface area contributed by atoms with Crippen LogP contribution in [-0.2, 0) is 0 Å². The lowest BCUT2D eigenvalue weighted by Crippen LogP contribution is -1.87. The average molecular weight is 123 g/mol. The lowest BCUT2D eigenvalue weighted by molar-refractivity contribution is 0.419. The Balaban J connectivity index is 2.35. The van der Waals surface area contributed by atoms with Gasteiger partial charge in [-0.25, -0.2) is 0 Å². The number of aromatic hydroxyl groups is 1. The van der Waals surface area contributed by atoms with Gasteiger partial charge in [0.05, 0.1) is 0 Å². The number of rotatable bonds is 1. The van der Waals surface area contributed by atoms with Crippen LogP contribution < -0.4 is 0 Å². The zero-order valence-corrected chi connectivity index (χ0v) is 5.12. The van der Waals surface area contributed by atoms with Crippen LogP contribution in [0.25, 0.3) is 0 Å². The summed E-state index contributed by atoms with van der Waals surface area (Å²) in [6.45, 7) is 0. The van der Waals surface area contributed by atoms with Crippen molar-refractivity contribution in [1.82, 2.24) is 4.57 Å². The van der Waals surface area contributed by atoms with Crippen molar-refractivity contribution < 1.29 is 5.11 Å². The van der Waals surface area contributed by atoms with Gasteiger partial charge in [0.2, 0.25) is 0 Å². The molecule has 1 N–H and O–H groups in total. The normalized spacial score (nSPS) is 18.2. The van der Waals surface area contributed by atoms with E-state index in [1.807, 2.05) is 16.8 Å². The van der Waals surface area contributed by atoms with Crippen LogP contribution in [0.4, 0.5) is 0 Å². The van der Waals surface area contributed by atoms with Crippen LogP contribution in [0.15, 0.2) is 18.3 Å². The van der Waals surface area contributed by atoms with Gasteiger partial charge in [0, 0.05) is 12.2 Å². The summed E-state index contributed by atoms with van der Waals surface area (Å²) in [5.41, 5.74) is 0. The Bertz CT molecular complexity index is 212. The summed E-state index contributed by atoms with van der Waals surface area (Å²) in [6, 6.07) is 4.19. The Labute approximate surface area is 53.7 Å². The molecule has 0 radical (unpaired) electrons. The third-order valence-electron chi connectivity index (χ3n) is 1.70. The van der Waals surface area contributed by atoms with Gasteiger partial charge < -0.3 is 9.67 Å². The Hall–Kier alpha value is -0.920. The highest BCUT2D eigenvalue weighted by molar-refractivity contribution is 5.14. The minimum absolute atomic E-state index is 0.400. The summed E-state index contributed by atoms with van der Waals surface area (Å²) in [4.78, 5) is 0. The van der Waals surface area contributed by atoms with Crippen LogP contribution in [0, 0.1) is 0 Å². The molecule has 1 saturated carbocycles. The molecule has 2 rings (SSSR count). The van der Waals surface area contributed by atoms with Crippen molar-refractivity contribution in [2.45, 2.75) is 18.9 Å². The van der Waals surface area contributed by atoms with Crippen LogP contribution in [0.1, 0.15) is 18.9 Å². The van der Waals surface area contributed by atoms with Crippen LogP contribution in [-0.4, -0.2) is 9.67 Å². The number of hydrogen-bond acceptors (Lipinski definition) is 1. The zero-order valence-electron chi connectivity index (χ0n) is 5.12. The van der Waals surface area contributed by atoms with E-state index in [-0.39, 0.29) is 0 Å². The second-order valence-corrected chi connectivity index (χ2v) is 2.50. The maximum atomic E-state index is 9.12. The molecule has 2 heteroatoms. The molecule has 1 aromatic heterocycles. The average Bonchev–Trinajstić information content (AvgIpc) is 2.58. The van der Waals surface area contributed by atoms with Crippen molar-refractivity contribution in [3.05, 3.63) is 18.3 Å². The fraction of sp³-hybridized carbons (Fsp3) is 0.429. The minimum Gasteiger partial charge on any atom is -0.494 e. The Morgan fingerprint density at radius 1 is 1.56 bits per heavy atom. The molecule has 1 fully saturated rings. The van der Waals surface area contributed by atoms with Crippen molar-refractivity contribution in [3.63, 3.8) is 0 Å². The van der Waals surface area contributed by atoms with Gasteiger partial charge in [-0.2, -0.15) is 0 Å². The van der Waals surface area contributed by atoms with Crippen LogP contribution >= 0.6 is 0 Å². The quantitative estimate of drug-likeness (QED) is 0.601. The molecule has 0 saturated heterocycles. The number of hydrogen-bond donors (Lipinski definition) is 1. The van der Waals surface area contributed by atoms with Crippen molar-refractivity contribution in [2.75, 3.05) is 0 Å². The highest BCUT2D eigenvalue weighted by Gasteiger charge is 2.24. The lowest BCUT2D eigenvalue weighted by Gasteiger charge is -1.98. The third kappa shape index (κ3) is 0.707. The fourth-order valence-electron chi connectivity index (χ4n) is 1.05. The summed E-state index contributed by atoms with van der Waals surface area (Å²) >= 11 is 0. The van der Waals surface area contributed by atoms with Crippen LogP contribution in [0.2, 0.25) is 0 Å². The van der Waals surface area contributed by atoms with Gasteiger partial charge in [-0.15, -0.1) is 0 Å². The predicted octanol–water partition coefficient (Wildman–Crippen LogP) is 1.53. The van der Waals surface area contributed by atoms with Gasteiger partial charge in [-0.05, 0) is 25.0 Å². The third-order valence-corrected chi connectivity index (χ3v) is 1.70.